The lowest BCUT2D eigenvalue weighted by molar-refractivity contribution is -0.274. The number of nitriles is 1. The number of hydrogen-bond donors (Lipinski definition) is 2. The Labute approximate surface area is 197 Å². The number of halogens is 3. The quantitative estimate of drug-likeness (QED) is 0.303. The van der Waals surface area contributed by atoms with Crippen molar-refractivity contribution in [1.82, 2.24) is 9.99 Å². The molecule has 1 aromatic heterocycles. The van der Waals surface area contributed by atoms with Gasteiger partial charge in [-0.15, -0.1) is 13.2 Å². The highest BCUT2D eigenvalue weighted by atomic mass is 19.4. The molecule has 0 spiro atoms. The van der Waals surface area contributed by atoms with E-state index in [2.05, 4.69) is 15.3 Å². The van der Waals surface area contributed by atoms with Crippen LogP contribution in [0.1, 0.15) is 27.0 Å². The maximum absolute atomic E-state index is 12.3. The Morgan fingerprint density at radius 2 is 1.89 bits per heavy atom. The molecule has 0 aliphatic carbocycles. The molecule has 176 valence electrons. The number of aromatic hydroxyl groups is 1. The van der Waals surface area contributed by atoms with Crippen LogP contribution in [-0.4, -0.2) is 28.2 Å². The molecule has 4 aromatic rings. The van der Waals surface area contributed by atoms with Crippen LogP contribution in [0.3, 0.4) is 0 Å². The Hall–Kier alpha value is -4.78. The standard InChI is InChI=1S/C25H17F3N4O3/c26-25(27,28)35-21-5-1-16(2-6-21)15-32-10-9-18-11-17(3-7-22(18)32)14-30-31-24(34)19-4-8-23(33)20(12-19)13-29/h1-12,14,33H,15H2,(H,31,34)/b30-14+. The van der Waals surface area contributed by atoms with Gasteiger partial charge < -0.3 is 14.4 Å². The number of phenolic OH excluding ortho intramolecular Hbond substituents is 1. The molecule has 0 atom stereocenters. The number of benzene rings is 3. The molecule has 1 amide bonds. The van der Waals surface area contributed by atoms with Gasteiger partial charge in [0, 0.05) is 29.2 Å². The van der Waals surface area contributed by atoms with E-state index in [0.717, 1.165) is 22.0 Å². The minimum Gasteiger partial charge on any atom is -0.507 e. The van der Waals surface area contributed by atoms with Gasteiger partial charge in [-0.05, 0) is 59.7 Å². The molecule has 3 aromatic carbocycles. The zero-order valence-corrected chi connectivity index (χ0v) is 18.0. The third-order valence-corrected chi connectivity index (χ3v) is 5.06. The SMILES string of the molecule is N#Cc1cc(C(=O)N/N=C/c2ccc3c(ccn3Cc3ccc(OC(F)(F)F)cc3)c2)ccc1O. The summed E-state index contributed by atoms with van der Waals surface area (Å²) in [6.07, 6.45) is -1.39. The fraction of sp³-hybridized carbons (Fsp3) is 0.0800. The number of alkyl halides is 3. The van der Waals surface area contributed by atoms with Crippen molar-refractivity contribution in [3.63, 3.8) is 0 Å². The highest BCUT2D eigenvalue weighted by molar-refractivity contribution is 5.96. The first kappa shape index (κ1) is 23.4. The molecule has 0 unspecified atom stereocenters. The topological polar surface area (TPSA) is 99.6 Å². The van der Waals surface area contributed by atoms with Crippen LogP contribution >= 0.6 is 0 Å². The minimum absolute atomic E-state index is 0.0119. The van der Waals surface area contributed by atoms with E-state index in [0.29, 0.717) is 6.54 Å². The van der Waals surface area contributed by atoms with Crippen LogP contribution in [0.15, 0.2) is 78.0 Å². The summed E-state index contributed by atoms with van der Waals surface area (Å²) in [5.74, 6) is -1.01. The normalized spacial score (nSPS) is 11.5. The molecule has 0 aliphatic heterocycles. The maximum Gasteiger partial charge on any atom is 0.573 e. The van der Waals surface area contributed by atoms with Crippen molar-refractivity contribution in [3.8, 4) is 17.6 Å². The highest BCUT2D eigenvalue weighted by Crippen LogP contribution is 2.24. The minimum atomic E-state index is -4.73. The summed E-state index contributed by atoms with van der Waals surface area (Å²) < 4.78 is 42.8. The van der Waals surface area contributed by atoms with Crippen LogP contribution in [-0.2, 0) is 6.54 Å². The number of nitrogens with one attached hydrogen (secondary N) is 1. The molecule has 0 fully saturated rings. The van der Waals surface area contributed by atoms with Crippen molar-refractivity contribution in [2.24, 2.45) is 5.10 Å². The molecule has 2 N–H and O–H groups in total. The highest BCUT2D eigenvalue weighted by Gasteiger charge is 2.30. The van der Waals surface area contributed by atoms with Gasteiger partial charge in [0.05, 0.1) is 11.8 Å². The van der Waals surface area contributed by atoms with Crippen LogP contribution in [0.2, 0.25) is 0 Å². The Kier molecular flexibility index (Phi) is 6.42. The van der Waals surface area contributed by atoms with Gasteiger partial charge in [0.1, 0.15) is 17.6 Å². The largest absolute Gasteiger partial charge is 0.573 e. The number of hydrogen-bond acceptors (Lipinski definition) is 5. The number of nitrogens with zero attached hydrogens (tertiary/aromatic N) is 3. The smallest absolute Gasteiger partial charge is 0.507 e. The zero-order valence-electron chi connectivity index (χ0n) is 18.0. The monoisotopic (exact) mass is 478 g/mol. The van der Waals surface area contributed by atoms with E-state index in [4.69, 9.17) is 5.26 Å². The summed E-state index contributed by atoms with van der Waals surface area (Å²) in [5.41, 5.74) is 4.99. The van der Waals surface area contributed by atoms with E-state index in [-0.39, 0.29) is 22.6 Å². The average Bonchev–Trinajstić information content (AvgIpc) is 3.21. The molecule has 0 bridgehead atoms. The summed E-state index contributed by atoms with van der Waals surface area (Å²) in [6.45, 7) is 0.455. The first-order chi connectivity index (χ1) is 16.7. The van der Waals surface area contributed by atoms with Crippen LogP contribution in [0.4, 0.5) is 13.2 Å². The Morgan fingerprint density at radius 3 is 2.60 bits per heavy atom. The van der Waals surface area contributed by atoms with Gasteiger partial charge in [-0.2, -0.15) is 10.4 Å². The van der Waals surface area contributed by atoms with Gasteiger partial charge in [0.15, 0.2) is 0 Å². The van der Waals surface area contributed by atoms with Gasteiger partial charge in [-0.3, -0.25) is 4.79 Å². The summed E-state index contributed by atoms with van der Waals surface area (Å²) in [6, 6.07) is 18.9. The van der Waals surface area contributed by atoms with Crippen LogP contribution in [0, 0.1) is 11.3 Å². The van der Waals surface area contributed by atoms with Crippen LogP contribution in [0.25, 0.3) is 10.9 Å². The third-order valence-electron chi connectivity index (χ3n) is 5.06. The summed E-state index contributed by atoms with van der Waals surface area (Å²) >= 11 is 0. The predicted octanol–water partition coefficient (Wildman–Crippen LogP) is 4.93. The lowest BCUT2D eigenvalue weighted by atomic mass is 10.1. The zero-order chi connectivity index (χ0) is 25.0. The summed E-state index contributed by atoms with van der Waals surface area (Å²) in [5, 5.41) is 23.3. The average molecular weight is 478 g/mol. The van der Waals surface area contributed by atoms with Crippen molar-refractivity contribution in [2.45, 2.75) is 12.9 Å². The summed E-state index contributed by atoms with van der Waals surface area (Å²) in [4.78, 5) is 12.2. The van der Waals surface area contributed by atoms with Crippen LogP contribution in [0.5, 0.6) is 11.5 Å². The van der Waals surface area contributed by atoms with Crippen molar-refractivity contribution in [2.75, 3.05) is 0 Å². The van der Waals surface area contributed by atoms with E-state index in [9.17, 15) is 23.1 Å². The molecule has 0 aliphatic rings. The van der Waals surface area contributed by atoms with Crippen molar-refractivity contribution < 1.29 is 27.8 Å². The number of rotatable bonds is 6. The van der Waals surface area contributed by atoms with E-state index >= 15 is 0 Å². The fourth-order valence-electron chi connectivity index (χ4n) is 3.43. The number of fused-ring (bicyclic) bond motifs is 1. The predicted molar refractivity (Wildman–Crippen MR) is 122 cm³/mol. The Balaban J connectivity index is 1.42. The molecule has 0 saturated heterocycles. The van der Waals surface area contributed by atoms with E-state index < -0.39 is 12.3 Å². The molecular formula is C25H17F3N4O3. The second-order valence-electron chi connectivity index (χ2n) is 7.50. The first-order valence-electron chi connectivity index (χ1n) is 10.2. The molecule has 0 radical (unpaired) electrons. The van der Waals surface area contributed by atoms with Gasteiger partial charge in [-0.1, -0.05) is 18.2 Å². The Bertz CT molecular complexity index is 1450. The second kappa shape index (κ2) is 9.61. The molecule has 1 heterocycles. The van der Waals surface area contributed by atoms with Gasteiger partial charge in [0.2, 0.25) is 0 Å². The fourth-order valence-corrected chi connectivity index (χ4v) is 3.43. The number of ether oxygens (including phenoxy) is 1. The number of carbonyl (C=O) groups excluding carboxylic acids is 1. The van der Waals surface area contributed by atoms with Crippen molar-refractivity contribution in [3.05, 3.63) is 95.2 Å². The molecule has 0 saturated carbocycles. The van der Waals surface area contributed by atoms with Crippen molar-refractivity contribution >= 4 is 23.0 Å². The molecule has 7 nitrogen and oxygen atoms in total. The number of amides is 1. The number of carbonyl (C=O) groups is 1. The number of hydrazone groups is 1. The first-order valence-corrected chi connectivity index (χ1v) is 10.2. The lowest BCUT2D eigenvalue weighted by Gasteiger charge is -2.10. The molecule has 35 heavy (non-hydrogen) atoms. The second-order valence-corrected chi connectivity index (χ2v) is 7.50. The summed E-state index contributed by atoms with van der Waals surface area (Å²) in [7, 11) is 0. The third kappa shape index (κ3) is 5.78. The Morgan fingerprint density at radius 1 is 1.11 bits per heavy atom. The lowest BCUT2D eigenvalue weighted by Crippen LogP contribution is -2.17. The molecule has 10 heteroatoms. The van der Waals surface area contributed by atoms with Gasteiger partial charge in [-0.25, -0.2) is 5.43 Å². The molecule has 4 rings (SSSR count). The van der Waals surface area contributed by atoms with E-state index in [1.54, 1.807) is 18.2 Å². The van der Waals surface area contributed by atoms with Gasteiger partial charge >= 0.3 is 6.36 Å². The van der Waals surface area contributed by atoms with E-state index in [1.165, 1.54) is 36.5 Å². The number of aromatic nitrogens is 1. The van der Waals surface area contributed by atoms with E-state index in [1.807, 2.05) is 35.0 Å². The molecular weight excluding hydrogens is 461 g/mol. The van der Waals surface area contributed by atoms with Crippen molar-refractivity contribution in [1.29, 1.82) is 5.26 Å². The van der Waals surface area contributed by atoms with Gasteiger partial charge in [0.25, 0.3) is 5.91 Å². The number of phenols is 1. The van der Waals surface area contributed by atoms with Crippen LogP contribution < -0.4 is 10.2 Å². The maximum atomic E-state index is 12.3.